The van der Waals surface area contributed by atoms with Gasteiger partial charge in [0.2, 0.25) is 0 Å². The van der Waals surface area contributed by atoms with Crippen molar-refractivity contribution in [2.45, 2.75) is 64.3 Å². The third-order valence-corrected chi connectivity index (χ3v) is 4.62. The summed E-state index contributed by atoms with van der Waals surface area (Å²) >= 11 is 7.52. The first kappa shape index (κ1) is 16.6. The Kier molecular flexibility index (Phi) is 5.52. The fraction of sp³-hybridized carbons (Fsp3) is 0.667. The Bertz CT molecular complexity index is 484. The molecule has 1 aromatic heterocycles. The van der Waals surface area contributed by atoms with Gasteiger partial charge in [0, 0.05) is 23.5 Å². The summed E-state index contributed by atoms with van der Waals surface area (Å²) in [6, 6.07) is 4.37. The van der Waals surface area contributed by atoms with E-state index < -0.39 is 5.60 Å². The first-order chi connectivity index (χ1) is 9.83. The fourth-order valence-electron chi connectivity index (χ4n) is 2.51. The minimum absolute atomic E-state index is 0.135. The lowest BCUT2D eigenvalue weighted by atomic mass is 10.1. The van der Waals surface area contributed by atoms with Gasteiger partial charge in [0.15, 0.2) is 0 Å². The molecular formula is C15H23ClN2O2S. The van der Waals surface area contributed by atoms with Crippen LogP contribution in [0.5, 0.6) is 0 Å². The van der Waals surface area contributed by atoms with Crippen molar-refractivity contribution in [2.75, 3.05) is 0 Å². The van der Waals surface area contributed by atoms with E-state index in [9.17, 15) is 4.79 Å². The second kappa shape index (κ2) is 6.99. The van der Waals surface area contributed by atoms with E-state index in [2.05, 4.69) is 10.6 Å². The van der Waals surface area contributed by atoms with Gasteiger partial charge in [-0.2, -0.15) is 0 Å². The first-order valence-electron chi connectivity index (χ1n) is 7.30. The summed E-state index contributed by atoms with van der Waals surface area (Å²) in [5.41, 5.74) is -0.459. The van der Waals surface area contributed by atoms with Crippen LogP contribution in [-0.4, -0.2) is 23.8 Å². The highest BCUT2D eigenvalue weighted by atomic mass is 35.5. The number of carbonyl (C=O) groups is 1. The van der Waals surface area contributed by atoms with E-state index in [1.807, 2.05) is 32.9 Å². The molecule has 0 aliphatic heterocycles. The van der Waals surface area contributed by atoms with Crippen molar-refractivity contribution in [3.63, 3.8) is 0 Å². The molecule has 2 atom stereocenters. The van der Waals surface area contributed by atoms with Gasteiger partial charge in [-0.3, -0.25) is 0 Å². The fourth-order valence-corrected chi connectivity index (χ4v) is 3.55. The topological polar surface area (TPSA) is 50.4 Å². The molecule has 6 heteroatoms. The summed E-state index contributed by atoms with van der Waals surface area (Å²) in [5, 5.41) is 6.49. The van der Waals surface area contributed by atoms with Gasteiger partial charge in [0.25, 0.3) is 0 Å². The summed E-state index contributed by atoms with van der Waals surface area (Å²) in [6.07, 6.45) is 2.84. The third kappa shape index (κ3) is 5.49. The zero-order chi connectivity index (χ0) is 15.5. The van der Waals surface area contributed by atoms with Crippen LogP contribution < -0.4 is 10.6 Å². The lowest BCUT2D eigenvalue weighted by Gasteiger charge is -2.25. The second-order valence-corrected chi connectivity index (χ2v) is 8.18. The Morgan fingerprint density at radius 1 is 1.38 bits per heavy atom. The molecule has 1 saturated carbocycles. The van der Waals surface area contributed by atoms with Gasteiger partial charge >= 0.3 is 6.09 Å². The molecule has 1 aliphatic rings. The van der Waals surface area contributed by atoms with E-state index in [1.54, 1.807) is 11.3 Å². The number of hydrogen-bond acceptors (Lipinski definition) is 4. The molecule has 1 heterocycles. The molecule has 1 aromatic rings. The van der Waals surface area contributed by atoms with E-state index in [0.717, 1.165) is 30.1 Å². The van der Waals surface area contributed by atoms with E-state index in [-0.39, 0.29) is 12.1 Å². The van der Waals surface area contributed by atoms with Crippen molar-refractivity contribution < 1.29 is 9.53 Å². The molecule has 1 fully saturated rings. The molecule has 0 bridgehead atoms. The highest BCUT2D eigenvalue weighted by Crippen LogP contribution is 2.23. The smallest absolute Gasteiger partial charge is 0.407 e. The number of amides is 1. The molecule has 21 heavy (non-hydrogen) atoms. The van der Waals surface area contributed by atoms with E-state index in [0.29, 0.717) is 6.04 Å². The molecule has 2 unspecified atom stereocenters. The molecule has 4 nitrogen and oxygen atoms in total. The average Bonchev–Trinajstić information content (AvgIpc) is 2.93. The number of nitrogens with one attached hydrogen (secondary N) is 2. The van der Waals surface area contributed by atoms with Crippen LogP contribution in [0.2, 0.25) is 4.34 Å². The van der Waals surface area contributed by atoms with Crippen molar-refractivity contribution in [3.8, 4) is 0 Å². The zero-order valence-electron chi connectivity index (χ0n) is 12.7. The highest BCUT2D eigenvalue weighted by molar-refractivity contribution is 7.16. The number of hydrogen-bond donors (Lipinski definition) is 2. The lowest BCUT2D eigenvalue weighted by Crippen LogP contribution is -2.47. The maximum Gasteiger partial charge on any atom is 0.407 e. The first-order valence-corrected chi connectivity index (χ1v) is 8.50. The molecule has 118 valence electrons. The number of ether oxygens (including phenoxy) is 1. The summed E-state index contributed by atoms with van der Waals surface area (Å²) in [7, 11) is 0. The van der Waals surface area contributed by atoms with Crippen LogP contribution >= 0.6 is 22.9 Å². The Labute approximate surface area is 135 Å². The normalized spacial score (nSPS) is 22.3. The summed E-state index contributed by atoms with van der Waals surface area (Å²) in [4.78, 5) is 13.1. The van der Waals surface area contributed by atoms with E-state index in [4.69, 9.17) is 16.3 Å². The molecule has 2 N–H and O–H groups in total. The van der Waals surface area contributed by atoms with Crippen molar-refractivity contribution in [1.29, 1.82) is 0 Å². The molecular weight excluding hydrogens is 308 g/mol. The molecule has 0 saturated heterocycles. The average molecular weight is 331 g/mol. The van der Waals surface area contributed by atoms with Gasteiger partial charge in [0.1, 0.15) is 5.60 Å². The maximum atomic E-state index is 11.9. The number of alkyl carbamates (subject to hydrolysis) is 1. The molecule has 1 aliphatic carbocycles. The van der Waals surface area contributed by atoms with E-state index >= 15 is 0 Å². The second-order valence-electron chi connectivity index (χ2n) is 6.38. The maximum absolute atomic E-state index is 11.9. The summed E-state index contributed by atoms with van der Waals surface area (Å²) < 4.78 is 6.13. The molecule has 1 amide bonds. The minimum Gasteiger partial charge on any atom is -0.444 e. The Hall–Kier alpha value is -0.780. The largest absolute Gasteiger partial charge is 0.444 e. The van der Waals surface area contributed by atoms with Crippen LogP contribution in [0.25, 0.3) is 0 Å². The van der Waals surface area contributed by atoms with Crippen LogP contribution in [0.3, 0.4) is 0 Å². The molecule has 0 radical (unpaired) electrons. The monoisotopic (exact) mass is 330 g/mol. The summed E-state index contributed by atoms with van der Waals surface area (Å²) in [5.74, 6) is 0. The summed E-state index contributed by atoms with van der Waals surface area (Å²) in [6.45, 7) is 6.40. The number of carbonyl (C=O) groups excluding carboxylic acids is 1. The van der Waals surface area contributed by atoms with Gasteiger partial charge < -0.3 is 15.4 Å². The van der Waals surface area contributed by atoms with Crippen molar-refractivity contribution >= 4 is 29.0 Å². The van der Waals surface area contributed by atoms with Crippen molar-refractivity contribution in [2.24, 2.45) is 0 Å². The van der Waals surface area contributed by atoms with Gasteiger partial charge in [0.05, 0.1) is 4.34 Å². The molecule has 0 spiro atoms. The number of halogens is 1. The van der Waals surface area contributed by atoms with Crippen LogP contribution in [-0.2, 0) is 11.3 Å². The van der Waals surface area contributed by atoms with Crippen LogP contribution in [0, 0.1) is 0 Å². The Morgan fingerprint density at radius 3 is 2.71 bits per heavy atom. The van der Waals surface area contributed by atoms with Gasteiger partial charge in [-0.25, -0.2) is 4.79 Å². The SMILES string of the molecule is CC(C)(C)OC(=O)NC1CCCC1NCc1ccc(Cl)s1. The standard InChI is InChI=1S/C15H23ClN2O2S/c1-15(2,3)20-14(19)18-12-6-4-5-11(12)17-9-10-7-8-13(16)21-10/h7-8,11-12,17H,4-6,9H2,1-3H3,(H,18,19). The predicted octanol–water partition coefficient (Wildman–Crippen LogP) is 3.94. The molecule has 2 rings (SSSR count). The van der Waals surface area contributed by atoms with Crippen LogP contribution in [0.1, 0.15) is 44.9 Å². The predicted molar refractivity (Wildman–Crippen MR) is 87.0 cm³/mol. The van der Waals surface area contributed by atoms with Gasteiger partial charge in [-0.15, -0.1) is 11.3 Å². The van der Waals surface area contributed by atoms with Crippen molar-refractivity contribution in [1.82, 2.24) is 10.6 Å². The Morgan fingerprint density at radius 2 is 2.10 bits per heavy atom. The van der Waals surface area contributed by atoms with E-state index in [1.165, 1.54) is 4.88 Å². The highest BCUT2D eigenvalue weighted by Gasteiger charge is 2.29. The number of rotatable bonds is 4. The van der Waals surface area contributed by atoms with Crippen molar-refractivity contribution in [3.05, 3.63) is 21.3 Å². The number of thiophene rings is 1. The quantitative estimate of drug-likeness (QED) is 0.879. The lowest BCUT2D eigenvalue weighted by molar-refractivity contribution is 0.0498. The van der Waals surface area contributed by atoms with Gasteiger partial charge in [-0.05, 0) is 52.2 Å². The molecule has 0 aromatic carbocycles. The van der Waals surface area contributed by atoms with Crippen LogP contribution in [0.4, 0.5) is 4.79 Å². The van der Waals surface area contributed by atoms with Gasteiger partial charge in [-0.1, -0.05) is 11.6 Å². The van der Waals surface area contributed by atoms with Crippen LogP contribution in [0.15, 0.2) is 12.1 Å². The minimum atomic E-state index is -0.459. The third-order valence-electron chi connectivity index (χ3n) is 3.39. The Balaban J connectivity index is 1.81. The zero-order valence-corrected chi connectivity index (χ0v) is 14.3.